The van der Waals surface area contributed by atoms with E-state index in [1.165, 1.54) is 4.31 Å². The zero-order valence-corrected chi connectivity index (χ0v) is 16.8. The molecule has 7 nitrogen and oxygen atoms in total. The lowest BCUT2D eigenvalue weighted by atomic mass is 10.1. The molecule has 0 atom stereocenters. The van der Waals surface area contributed by atoms with Gasteiger partial charge in [0.05, 0.1) is 6.61 Å². The molecule has 0 aliphatic carbocycles. The predicted octanol–water partition coefficient (Wildman–Crippen LogP) is 2.00. The van der Waals surface area contributed by atoms with Crippen molar-refractivity contribution in [1.29, 1.82) is 0 Å². The lowest BCUT2D eigenvalue weighted by Crippen LogP contribution is -2.37. The highest BCUT2D eigenvalue weighted by atomic mass is 32.2. The molecule has 1 aromatic heterocycles. The number of benzene rings is 1. The number of ether oxygens (including phenoxy) is 1. The lowest BCUT2D eigenvalue weighted by molar-refractivity contribution is 0.0519. The van der Waals surface area contributed by atoms with Gasteiger partial charge in [0, 0.05) is 30.9 Å². The Morgan fingerprint density at radius 2 is 1.85 bits per heavy atom. The van der Waals surface area contributed by atoms with Crippen LogP contribution >= 0.6 is 0 Å². The first-order chi connectivity index (χ1) is 12.8. The van der Waals surface area contributed by atoms with Gasteiger partial charge in [0.15, 0.2) is 0 Å². The number of sulfonamides is 1. The number of nitrogens with zero attached hydrogens (tertiary/aromatic N) is 1. The minimum Gasteiger partial charge on any atom is -0.461 e. The Balaban J connectivity index is 2.34. The molecule has 3 N–H and O–H groups in total. The van der Waals surface area contributed by atoms with Crippen molar-refractivity contribution in [2.45, 2.75) is 32.1 Å². The SMILES string of the molecule is CCOC(=O)c1[nH]c(C)c(S(=O)(=O)N(CCN)CCc2ccccc2)c1C. The number of nitrogens with two attached hydrogens (primary N) is 1. The third-order valence-corrected chi connectivity index (χ3v) is 6.49. The second kappa shape index (κ2) is 9.16. The highest BCUT2D eigenvalue weighted by Gasteiger charge is 2.31. The summed E-state index contributed by atoms with van der Waals surface area (Å²) in [5, 5.41) is 0. The number of carbonyl (C=O) groups is 1. The molecular weight excluding hydrogens is 366 g/mol. The Hall–Kier alpha value is -2.16. The Morgan fingerprint density at radius 3 is 2.44 bits per heavy atom. The van der Waals surface area contributed by atoms with E-state index in [0.29, 0.717) is 24.2 Å². The topological polar surface area (TPSA) is 105 Å². The van der Waals surface area contributed by atoms with Crippen molar-refractivity contribution in [2.24, 2.45) is 5.73 Å². The maximum Gasteiger partial charge on any atom is 0.355 e. The van der Waals surface area contributed by atoms with Gasteiger partial charge in [-0.1, -0.05) is 30.3 Å². The quantitative estimate of drug-likeness (QED) is 0.634. The largest absolute Gasteiger partial charge is 0.461 e. The molecule has 0 fully saturated rings. The molecular formula is C19H27N3O4S. The van der Waals surface area contributed by atoms with Crippen LogP contribution in [-0.2, 0) is 21.2 Å². The van der Waals surface area contributed by atoms with Crippen molar-refractivity contribution in [1.82, 2.24) is 9.29 Å². The van der Waals surface area contributed by atoms with Gasteiger partial charge in [-0.15, -0.1) is 0 Å². The summed E-state index contributed by atoms with van der Waals surface area (Å²) in [5.74, 6) is -0.561. The Bertz CT molecular complexity index is 876. The van der Waals surface area contributed by atoms with Gasteiger partial charge < -0.3 is 15.5 Å². The maximum atomic E-state index is 13.3. The summed E-state index contributed by atoms with van der Waals surface area (Å²) in [6, 6.07) is 9.67. The van der Waals surface area contributed by atoms with Gasteiger partial charge in [-0.25, -0.2) is 13.2 Å². The monoisotopic (exact) mass is 393 g/mol. The normalized spacial score (nSPS) is 11.7. The van der Waals surface area contributed by atoms with Crippen LogP contribution in [0.4, 0.5) is 0 Å². The van der Waals surface area contributed by atoms with E-state index < -0.39 is 16.0 Å². The van der Waals surface area contributed by atoms with Crippen molar-refractivity contribution in [2.75, 3.05) is 26.2 Å². The molecule has 1 heterocycles. The number of hydrogen-bond acceptors (Lipinski definition) is 5. The lowest BCUT2D eigenvalue weighted by Gasteiger charge is -2.22. The van der Waals surface area contributed by atoms with E-state index in [9.17, 15) is 13.2 Å². The number of nitrogens with one attached hydrogen (secondary N) is 1. The van der Waals surface area contributed by atoms with Gasteiger partial charge in [0.1, 0.15) is 10.6 Å². The van der Waals surface area contributed by atoms with Crippen molar-refractivity contribution >= 4 is 16.0 Å². The Labute approximate surface area is 160 Å². The zero-order valence-electron chi connectivity index (χ0n) is 16.0. The first kappa shape index (κ1) is 21.1. The number of aromatic amines is 1. The van der Waals surface area contributed by atoms with Crippen LogP contribution in [0.25, 0.3) is 0 Å². The van der Waals surface area contributed by atoms with Gasteiger partial charge in [0.25, 0.3) is 0 Å². The van der Waals surface area contributed by atoms with Crippen molar-refractivity contribution in [3.8, 4) is 0 Å². The van der Waals surface area contributed by atoms with Crippen LogP contribution in [-0.4, -0.2) is 49.9 Å². The highest BCUT2D eigenvalue weighted by Crippen LogP contribution is 2.27. The minimum atomic E-state index is -3.81. The Kier molecular flexibility index (Phi) is 7.18. The predicted molar refractivity (Wildman–Crippen MR) is 104 cm³/mol. The summed E-state index contributed by atoms with van der Waals surface area (Å²) >= 11 is 0. The van der Waals surface area contributed by atoms with Gasteiger partial charge in [-0.2, -0.15) is 4.31 Å². The van der Waals surface area contributed by atoms with E-state index in [0.717, 1.165) is 5.56 Å². The van der Waals surface area contributed by atoms with E-state index in [-0.39, 0.29) is 30.3 Å². The van der Waals surface area contributed by atoms with E-state index in [1.54, 1.807) is 20.8 Å². The first-order valence-corrected chi connectivity index (χ1v) is 10.4. The summed E-state index contributed by atoms with van der Waals surface area (Å²) in [6.07, 6.45) is 0.577. The number of H-pyrrole nitrogens is 1. The Morgan fingerprint density at radius 1 is 1.19 bits per heavy atom. The minimum absolute atomic E-state index is 0.118. The van der Waals surface area contributed by atoms with Gasteiger partial charge >= 0.3 is 5.97 Å². The number of hydrogen-bond donors (Lipinski definition) is 2. The third-order valence-electron chi connectivity index (χ3n) is 4.32. The molecule has 0 radical (unpaired) electrons. The smallest absolute Gasteiger partial charge is 0.355 e. The average Bonchev–Trinajstić information content (AvgIpc) is 2.94. The van der Waals surface area contributed by atoms with Crippen LogP contribution in [0.2, 0.25) is 0 Å². The van der Waals surface area contributed by atoms with E-state index in [1.807, 2.05) is 30.3 Å². The second-order valence-corrected chi connectivity index (χ2v) is 8.10. The molecule has 1 aromatic carbocycles. The van der Waals surface area contributed by atoms with Gasteiger partial charge in [-0.3, -0.25) is 0 Å². The molecule has 148 valence electrons. The second-order valence-electron chi connectivity index (χ2n) is 6.23. The van der Waals surface area contributed by atoms with Crippen LogP contribution in [0.3, 0.4) is 0 Å². The standard InChI is InChI=1S/C19H27N3O4S/c1-4-26-19(23)17-14(2)18(15(3)21-17)27(24,25)22(13-11-20)12-10-16-8-6-5-7-9-16/h5-9,21H,4,10-13,20H2,1-3H3. The van der Waals surface area contributed by atoms with Gasteiger partial charge in [0.2, 0.25) is 10.0 Å². The van der Waals surface area contributed by atoms with Crippen LogP contribution in [0, 0.1) is 13.8 Å². The molecule has 0 amide bonds. The molecule has 0 aliphatic rings. The number of aromatic nitrogens is 1. The number of rotatable bonds is 9. The first-order valence-electron chi connectivity index (χ1n) is 8.93. The third kappa shape index (κ3) is 4.77. The fourth-order valence-electron chi connectivity index (χ4n) is 3.05. The van der Waals surface area contributed by atoms with E-state index in [2.05, 4.69) is 4.98 Å². The molecule has 0 bridgehead atoms. The molecule has 8 heteroatoms. The molecule has 27 heavy (non-hydrogen) atoms. The van der Waals surface area contributed by atoms with E-state index in [4.69, 9.17) is 10.5 Å². The summed E-state index contributed by atoms with van der Waals surface area (Å²) < 4.78 is 32.9. The maximum absolute atomic E-state index is 13.3. The van der Waals surface area contributed by atoms with Gasteiger partial charge in [-0.05, 0) is 32.8 Å². The summed E-state index contributed by atoms with van der Waals surface area (Å²) in [4.78, 5) is 15.1. The molecule has 2 rings (SSSR count). The van der Waals surface area contributed by atoms with E-state index >= 15 is 0 Å². The van der Waals surface area contributed by atoms with Crippen molar-refractivity contribution in [3.05, 3.63) is 52.8 Å². The number of carbonyl (C=O) groups excluding carboxylic acids is 1. The summed E-state index contributed by atoms with van der Waals surface area (Å²) in [5.41, 5.74) is 7.65. The average molecular weight is 394 g/mol. The van der Waals surface area contributed by atoms with Crippen LogP contribution < -0.4 is 5.73 Å². The summed E-state index contributed by atoms with van der Waals surface area (Å²) in [6.45, 7) is 5.89. The fourth-order valence-corrected chi connectivity index (χ4v) is 4.91. The number of esters is 1. The van der Waals surface area contributed by atoms with Crippen molar-refractivity contribution < 1.29 is 17.9 Å². The zero-order chi connectivity index (χ0) is 20.0. The fraction of sp³-hybridized carbons (Fsp3) is 0.421. The molecule has 0 aliphatic heterocycles. The van der Waals surface area contributed by atoms with Crippen LogP contribution in [0.15, 0.2) is 35.2 Å². The number of aryl methyl sites for hydroxylation is 1. The van der Waals surface area contributed by atoms with Crippen LogP contribution in [0.1, 0.15) is 34.2 Å². The highest BCUT2D eigenvalue weighted by molar-refractivity contribution is 7.89. The molecule has 2 aromatic rings. The molecule has 0 spiro atoms. The van der Waals surface area contributed by atoms with Crippen LogP contribution in [0.5, 0.6) is 0 Å². The molecule has 0 saturated carbocycles. The van der Waals surface area contributed by atoms with Crippen molar-refractivity contribution in [3.63, 3.8) is 0 Å². The molecule has 0 unspecified atom stereocenters. The summed E-state index contributed by atoms with van der Waals surface area (Å²) in [7, 11) is -3.81. The molecule has 0 saturated heterocycles.